The van der Waals surface area contributed by atoms with Crippen LogP contribution in [0.4, 0.5) is 0 Å². The third kappa shape index (κ3) is 2.05. The van der Waals surface area contributed by atoms with E-state index in [0.29, 0.717) is 12.4 Å². The van der Waals surface area contributed by atoms with Gasteiger partial charge in [0.15, 0.2) is 5.82 Å². The van der Waals surface area contributed by atoms with Gasteiger partial charge in [0.05, 0.1) is 5.60 Å². The van der Waals surface area contributed by atoms with E-state index in [0.717, 1.165) is 31.2 Å². The Labute approximate surface area is 107 Å². The Morgan fingerprint density at radius 3 is 2.72 bits per heavy atom. The number of carbonyl (C=O) groups excluding carboxylic acids is 1. The number of Topliss-reactive ketones (excluding diaryl/α,β-unsaturated/α-hetero) is 1. The molecule has 4 heteroatoms. The standard InChI is InChI=1S/C14H18N2O2/c1-10-8-15-13(16-9-10)12(17)11-3-6-18-14(7-11)4-2-5-14/h8-9,11H,2-7H2,1H3. The lowest BCUT2D eigenvalue weighted by molar-refractivity contribution is -0.137. The highest BCUT2D eigenvalue weighted by molar-refractivity contribution is 5.94. The molecule has 1 unspecified atom stereocenters. The molecule has 96 valence electrons. The van der Waals surface area contributed by atoms with Gasteiger partial charge >= 0.3 is 0 Å². The molecule has 3 rings (SSSR count). The molecule has 2 heterocycles. The minimum Gasteiger partial charge on any atom is -0.375 e. The molecule has 1 aliphatic carbocycles. The maximum absolute atomic E-state index is 12.4. The van der Waals surface area contributed by atoms with Gasteiger partial charge in [0.1, 0.15) is 0 Å². The summed E-state index contributed by atoms with van der Waals surface area (Å²) in [5.41, 5.74) is 0.984. The number of hydrogen-bond acceptors (Lipinski definition) is 4. The lowest BCUT2D eigenvalue weighted by Gasteiger charge is -2.46. The minimum absolute atomic E-state index is 0.00325. The summed E-state index contributed by atoms with van der Waals surface area (Å²) in [4.78, 5) is 20.6. The zero-order valence-electron chi connectivity index (χ0n) is 10.7. The Kier molecular flexibility index (Phi) is 2.90. The largest absolute Gasteiger partial charge is 0.375 e. The molecule has 1 aromatic heterocycles. The number of hydrogen-bond donors (Lipinski definition) is 0. The maximum Gasteiger partial charge on any atom is 0.203 e. The van der Waals surface area contributed by atoms with Crippen LogP contribution in [-0.4, -0.2) is 28.0 Å². The lowest BCUT2D eigenvalue weighted by atomic mass is 9.71. The van der Waals surface area contributed by atoms with Crippen molar-refractivity contribution < 1.29 is 9.53 Å². The summed E-state index contributed by atoms with van der Waals surface area (Å²) in [5, 5.41) is 0. The Morgan fingerprint density at radius 1 is 1.39 bits per heavy atom. The predicted molar refractivity (Wildman–Crippen MR) is 66.4 cm³/mol. The summed E-state index contributed by atoms with van der Waals surface area (Å²) in [5.74, 6) is 0.494. The number of nitrogens with zero attached hydrogens (tertiary/aromatic N) is 2. The molecule has 18 heavy (non-hydrogen) atoms. The highest BCUT2D eigenvalue weighted by Gasteiger charge is 2.44. The van der Waals surface area contributed by atoms with Crippen LogP contribution in [0.25, 0.3) is 0 Å². The predicted octanol–water partition coefficient (Wildman–Crippen LogP) is 2.32. The fourth-order valence-electron chi connectivity index (χ4n) is 2.87. The zero-order chi connectivity index (χ0) is 12.6. The highest BCUT2D eigenvalue weighted by atomic mass is 16.5. The SMILES string of the molecule is Cc1cnc(C(=O)C2CCOC3(CCC3)C2)nc1. The van der Waals surface area contributed by atoms with Gasteiger partial charge in [-0.3, -0.25) is 4.79 Å². The van der Waals surface area contributed by atoms with Gasteiger partial charge < -0.3 is 4.74 Å². The molecule has 1 atom stereocenters. The van der Waals surface area contributed by atoms with Gasteiger partial charge in [-0.2, -0.15) is 0 Å². The number of rotatable bonds is 2. The van der Waals surface area contributed by atoms with E-state index in [2.05, 4.69) is 9.97 Å². The van der Waals surface area contributed by atoms with Crippen molar-refractivity contribution in [2.75, 3.05) is 6.61 Å². The van der Waals surface area contributed by atoms with E-state index in [1.165, 1.54) is 6.42 Å². The van der Waals surface area contributed by atoms with E-state index in [4.69, 9.17) is 4.74 Å². The fourth-order valence-corrected chi connectivity index (χ4v) is 2.87. The number of aryl methyl sites for hydroxylation is 1. The summed E-state index contributed by atoms with van der Waals surface area (Å²) < 4.78 is 5.84. The van der Waals surface area contributed by atoms with Crippen LogP contribution < -0.4 is 0 Å². The van der Waals surface area contributed by atoms with Gasteiger partial charge in [0.2, 0.25) is 5.78 Å². The van der Waals surface area contributed by atoms with Crippen molar-refractivity contribution in [2.24, 2.45) is 5.92 Å². The lowest BCUT2D eigenvalue weighted by Crippen LogP contribution is -2.47. The van der Waals surface area contributed by atoms with E-state index < -0.39 is 0 Å². The Hall–Kier alpha value is -1.29. The Morgan fingerprint density at radius 2 is 2.11 bits per heavy atom. The topological polar surface area (TPSA) is 52.1 Å². The minimum atomic E-state index is 0.00325. The van der Waals surface area contributed by atoms with Crippen LogP contribution in [0.2, 0.25) is 0 Å². The maximum atomic E-state index is 12.4. The molecule has 1 saturated heterocycles. The smallest absolute Gasteiger partial charge is 0.203 e. The van der Waals surface area contributed by atoms with Crippen LogP contribution in [0, 0.1) is 12.8 Å². The summed E-state index contributed by atoms with van der Waals surface area (Å²) in [6.07, 6.45) is 8.50. The average Bonchev–Trinajstić information content (AvgIpc) is 2.37. The monoisotopic (exact) mass is 246 g/mol. The molecule has 1 saturated carbocycles. The molecule has 1 aromatic rings. The molecule has 0 aromatic carbocycles. The Bertz CT molecular complexity index is 451. The second kappa shape index (κ2) is 4.43. The molecular weight excluding hydrogens is 228 g/mol. The van der Waals surface area contributed by atoms with Crippen molar-refractivity contribution in [2.45, 2.75) is 44.6 Å². The second-order valence-electron chi connectivity index (χ2n) is 5.52. The van der Waals surface area contributed by atoms with Gasteiger partial charge in [-0.05, 0) is 44.6 Å². The van der Waals surface area contributed by atoms with Crippen LogP contribution in [0.15, 0.2) is 12.4 Å². The van der Waals surface area contributed by atoms with Crippen LogP contribution in [0.5, 0.6) is 0 Å². The molecule has 2 aliphatic rings. The number of aromatic nitrogens is 2. The molecule has 0 amide bonds. The van der Waals surface area contributed by atoms with Gasteiger partial charge in [0.25, 0.3) is 0 Å². The number of ether oxygens (including phenoxy) is 1. The third-order valence-electron chi connectivity index (χ3n) is 4.13. The molecule has 4 nitrogen and oxygen atoms in total. The molecular formula is C14H18N2O2. The molecule has 0 radical (unpaired) electrons. The molecule has 1 spiro atoms. The van der Waals surface area contributed by atoms with Crippen molar-refractivity contribution in [1.29, 1.82) is 0 Å². The van der Waals surface area contributed by atoms with Crippen molar-refractivity contribution in [3.8, 4) is 0 Å². The van der Waals surface area contributed by atoms with Crippen molar-refractivity contribution in [1.82, 2.24) is 9.97 Å². The highest BCUT2D eigenvalue weighted by Crippen LogP contribution is 2.44. The normalized spacial score (nSPS) is 25.7. The second-order valence-corrected chi connectivity index (χ2v) is 5.52. The number of carbonyl (C=O) groups is 1. The first-order chi connectivity index (χ1) is 8.69. The molecule has 0 bridgehead atoms. The van der Waals surface area contributed by atoms with Gasteiger partial charge in [-0.25, -0.2) is 9.97 Å². The van der Waals surface area contributed by atoms with Crippen LogP contribution in [-0.2, 0) is 4.74 Å². The van der Waals surface area contributed by atoms with Crippen LogP contribution in [0.3, 0.4) is 0 Å². The first-order valence-corrected chi connectivity index (χ1v) is 6.65. The molecule has 1 aliphatic heterocycles. The van der Waals surface area contributed by atoms with Gasteiger partial charge in [-0.15, -0.1) is 0 Å². The van der Waals surface area contributed by atoms with E-state index in [-0.39, 0.29) is 17.3 Å². The van der Waals surface area contributed by atoms with Crippen LogP contribution in [0.1, 0.15) is 48.3 Å². The molecule has 0 N–H and O–H groups in total. The van der Waals surface area contributed by atoms with Gasteiger partial charge in [-0.1, -0.05) is 0 Å². The zero-order valence-corrected chi connectivity index (χ0v) is 10.7. The molecule has 2 fully saturated rings. The summed E-state index contributed by atoms with van der Waals surface area (Å²) in [6.45, 7) is 2.62. The fraction of sp³-hybridized carbons (Fsp3) is 0.643. The summed E-state index contributed by atoms with van der Waals surface area (Å²) >= 11 is 0. The quantitative estimate of drug-likeness (QED) is 0.751. The van der Waals surface area contributed by atoms with Crippen molar-refractivity contribution in [3.63, 3.8) is 0 Å². The first-order valence-electron chi connectivity index (χ1n) is 6.65. The van der Waals surface area contributed by atoms with E-state index in [1.54, 1.807) is 12.4 Å². The Balaban J connectivity index is 1.74. The average molecular weight is 246 g/mol. The van der Waals surface area contributed by atoms with Crippen LogP contribution >= 0.6 is 0 Å². The first kappa shape index (κ1) is 11.8. The van der Waals surface area contributed by atoms with Crippen molar-refractivity contribution in [3.05, 3.63) is 23.8 Å². The van der Waals surface area contributed by atoms with Gasteiger partial charge in [0, 0.05) is 24.9 Å². The van der Waals surface area contributed by atoms with Crippen molar-refractivity contribution >= 4 is 5.78 Å². The number of ketones is 1. The summed E-state index contributed by atoms with van der Waals surface area (Å²) in [6, 6.07) is 0. The van der Waals surface area contributed by atoms with E-state index >= 15 is 0 Å². The summed E-state index contributed by atoms with van der Waals surface area (Å²) in [7, 11) is 0. The third-order valence-corrected chi connectivity index (χ3v) is 4.13. The van der Waals surface area contributed by atoms with E-state index in [9.17, 15) is 4.79 Å². The van der Waals surface area contributed by atoms with E-state index in [1.807, 2.05) is 6.92 Å².